The predicted molar refractivity (Wildman–Crippen MR) is 187 cm³/mol. The van der Waals surface area contributed by atoms with Crippen molar-refractivity contribution < 1.29 is 19.1 Å². The fourth-order valence-electron chi connectivity index (χ4n) is 7.19. The maximum Gasteiger partial charge on any atom is 0.262 e. The van der Waals surface area contributed by atoms with Crippen LogP contribution in [-0.2, 0) is 20.9 Å². The number of hydrogen-bond acceptors (Lipinski definition) is 5. The van der Waals surface area contributed by atoms with Crippen LogP contribution in [0, 0.1) is 17.8 Å². The van der Waals surface area contributed by atoms with Gasteiger partial charge in [0.2, 0.25) is 0 Å². The van der Waals surface area contributed by atoms with Gasteiger partial charge in [-0.05, 0) is 66.0 Å². The van der Waals surface area contributed by atoms with E-state index in [0.717, 1.165) is 22.5 Å². The Morgan fingerprint density at radius 1 is 0.830 bits per heavy atom. The number of halogens is 2. The lowest BCUT2D eigenvalue weighted by atomic mass is 9.63. The summed E-state index contributed by atoms with van der Waals surface area (Å²) < 4.78 is 5.82. The summed E-state index contributed by atoms with van der Waals surface area (Å²) in [5.41, 5.74) is 6.24. The summed E-state index contributed by atoms with van der Waals surface area (Å²) in [6, 6.07) is 21.1. The van der Waals surface area contributed by atoms with Gasteiger partial charge in [0.25, 0.3) is 5.91 Å². The molecule has 3 aliphatic rings. The van der Waals surface area contributed by atoms with Crippen LogP contribution in [0.3, 0.4) is 0 Å². The van der Waals surface area contributed by atoms with Gasteiger partial charge in [0, 0.05) is 53.5 Å². The minimum absolute atomic E-state index is 0.0313. The number of Topliss-reactive ketones (excluding diaryl/α,β-unsaturated/α-hetero) is 2. The molecule has 0 unspecified atom stereocenters. The molecule has 0 saturated carbocycles. The Balaban J connectivity index is 1.40. The lowest BCUT2D eigenvalue weighted by molar-refractivity contribution is -0.120. The van der Waals surface area contributed by atoms with Crippen molar-refractivity contribution >= 4 is 46.4 Å². The molecule has 2 aliphatic carbocycles. The number of rotatable bonds is 7. The number of carbonyl (C=O) groups is 3. The van der Waals surface area contributed by atoms with E-state index in [2.05, 4.69) is 50.0 Å². The number of nitrogens with one attached hydrogen (secondary N) is 1. The Kier molecular flexibility index (Phi) is 8.88. The number of hydrogen-bond donors (Lipinski definition) is 1. The third kappa shape index (κ3) is 6.90. The molecular formula is C39H40Cl2N2O4. The van der Waals surface area contributed by atoms with Crippen molar-refractivity contribution in [1.82, 2.24) is 4.90 Å². The van der Waals surface area contributed by atoms with Crippen LogP contribution in [0.15, 0.2) is 89.3 Å². The van der Waals surface area contributed by atoms with Gasteiger partial charge in [0.05, 0.1) is 10.0 Å². The number of carbonyl (C=O) groups excluding carboxylic acids is 3. The summed E-state index contributed by atoms with van der Waals surface area (Å²) in [5.74, 6) is -0.722. The lowest BCUT2D eigenvalue weighted by Crippen LogP contribution is -2.44. The van der Waals surface area contributed by atoms with Gasteiger partial charge in [-0.25, -0.2) is 0 Å². The molecule has 0 bridgehead atoms. The molecule has 244 valence electrons. The number of nitrogens with zero attached hydrogens (tertiary/aromatic N) is 1. The number of ether oxygens (including phenoxy) is 1. The highest BCUT2D eigenvalue weighted by Gasteiger charge is 2.49. The second-order valence-corrected chi connectivity index (χ2v) is 15.4. The van der Waals surface area contributed by atoms with E-state index in [1.165, 1.54) is 0 Å². The molecule has 3 aromatic rings. The van der Waals surface area contributed by atoms with Gasteiger partial charge in [-0.2, -0.15) is 0 Å². The van der Waals surface area contributed by atoms with Crippen LogP contribution in [0.25, 0.3) is 0 Å². The molecule has 0 spiro atoms. The van der Waals surface area contributed by atoms with E-state index < -0.39 is 5.92 Å². The molecule has 6 rings (SSSR count). The van der Waals surface area contributed by atoms with Crippen LogP contribution < -0.4 is 10.1 Å². The van der Waals surface area contributed by atoms with Crippen molar-refractivity contribution in [3.8, 4) is 5.75 Å². The average Bonchev–Trinajstić information content (AvgIpc) is 2.98. The lowest BCUT2D eigenvalue weighted by Gasteiger charge is -2.49. The third-order valence-corrected chi connectivity index (χ3v) is 9.80. The second-order valence-electron chi connectivity index (χ2n) is 14.6. The molecule has 1 amide bonds. The summed E-state index contributed by atoms with van der Waals surface area (Å²) in [5, 5.41) is 3.22. The highest BCUT2D eigenvalue weighted by molar-refractivity contribution is 6.37. The number of ketones is 2. The minimum Gasteiger partial charge on any atom is -0.481 e. The fourth-order valence-corrected chi connectivity index (χ4v) is 7.81. The summed E-state index contributed by atoms with van der Waals surface area (Å²) in [6.45, 7) is 10.7. The van der Waals surface area contributed by atoms with Crippen molar-refractivity contribution in [3.05, 3.63) is 116 Å². The Labute approximate surface area is 286 Å². The zero-order valence-electron chi connectivity index (χ0n) is 27.5. The molecule has 8 heteroatoms. The van der Waals surface area contributed by atoms with Gasteiger partial charge in [0.1, 0.15) is 0 Å². The topological polar surface area (TPSA) is 75.7 Å². The second kappa shape index (κ2) is 12.6. The molecule has 1 heterocycles. The van der Waals surface area contributed by atoms with Crippen LogP contribution in [0.4, 0.5) is 5.69 Å². The Morgan fingerprint density at radius 2 is 1.36 bits per heavy atom. The molecule has 0 fully saturated rings. The molecular weight excluding hydrogens is 631 g/mol. The maximum absolute atomic E-state index is 14.2. The van der Waals surface area contributed by atoms with Crippen LogP contribution in [-0.4, -0.2) is 29.0 Å². The first-order chi connectivity index (χ1) is 22.2. The first-order valence-corrected chi connectivity index (χ1v) is 16.8. The molecule has 0 radical (unpaired) electrons. The summed E-state index contributed by atoms with van der Waals surface area (Å²) in [4.78, 5) is 43.2. The van der Waals surface area contributed by atoms with Gasteiger partial charge in [-0.15, -0.1) is 0 Å². The van der Waals surface area contributed by atoms with Crippen molar-refractivity contribution in [3.63, 3.8) is 0 Å². The smallest absolute Gasteiger partial charge is 0.262 e. The summed E-state index contributed by atoms with van der Waals surface area (Å²) in [6.07, 6.45) is 2.15. The first kappa shape index (κ1) is 33.0. The van der Waals surface area contributed by atoms with Crippen molar-refractivity contribution in [1.29, 1.82) is 0 Å². The molecule has 47 heavy (non-hydrogen) atoms. The number of aryl methyl sites for hydroxylation is 1. The predicted octanol–water partition coefficient (Wildman–Crippen LogP) is 9.21. The van der Waals surface area contributed by atoms with E-state index in [4.69, 9.17) is 27.9 Å². The highest BCUT2D eigenvalue weighted by atomic mass is 35.5. The van der Waals surface area contributed by atoms with E-state index in [1.807, 2.05) is 49.4 Å². The largest absolute Gasteiger partial charge is 0.481 e. The Morgan fingerprint density at radius 3 is 1.89 bits per heavy atom. The number of anilines is 1. The standard InChI is InChI=1S/C39H40Cl2N2O4/c1-23-11-13-26(14-12-23)42-33(46)22-47-37-27(40)15-25(16-28(37)41)34-35-29(17-38(2,3)19-31(35)44)43(21-24-9-7-6-8-10-24)30-18-39(4,5)20-32(45)36(30)34/h6-16,34H,17-22H2,1-5H3,(H,42,46). The SMILES string of the molecule is Cc1ccc(NC(=O)COc2c(Cl)cc(C3C4=C(CC(C)(C)CC4=O)N(Cc4ccccc4)C4=C3C(=O)CC(C)(C)C4)cc2Cl)cc1. The number of amides is 1. The number of allylic oxidation sites excluding steroid dienone is 4. The maximum atomic E-state index is 14.2. The normalized spacial score (nSPS) is 19.0. The van der Waals surface area contributed by atoms with Crippen LogP contribution in [0.1, 0.15) is 76.0 Å². The van der Waals surface area contributed by atoms with E-state index >= 15 is 0 Å². The fraction of sp³-hybridized carbons (Fsp3) is 0.359. The highest BCUT2D eigenvalue weighted by Crippen LogP contribution is 2.55. The van der Waals surface area contributed by atoms with Crippen molar-refractivity contribution in [2.45, 2.75) is 72.8 Å². The zero-order chi connectivity index (χ0) is 33.7. The van der Waals surface area contributed by atoms with Crippen LogP contribution in [0.5, 0.6) is 5.75 Å². The Bertz CT molecular complexity index is 1750. The minimum atomic E-state index is -0.604. The molecule has 6 nitrogen and oxygen atoms in total. The summed E-state index contributed by atoms with van der Waals surface area (Å²) >= 11 is 13.6. The molecule has 0 saturated heterocycles. The van der Waals surface area contributed by atoms with Gasteiger partial charge < -0.3 is 15.0 Å². The van der Waals surface area contributed by atoms with E-state index in [0.29, 0.717) is 54.6 Å². The van der Waals surface area contributed by atoms with Crippen molar-refractivity contribution in [2.24, 2.45) is 10.8 Å². The zero-order valence-corrected chi connectivity index (χ0v) is 29.0. The average molecular weight is 672 g/mol. The molecule has 1 N–H and O–H groups in total. The van der Waals surface area contributed by atoms with E-state index in [1.54, 1.807) is 12.1 Å². The van der Waals surface area contributed by atoms with Gasteiger partial charge in [0.15, 0.2) is 23.9 Å². The van der Waals surface area contributed by atoms with E-state index in [-0.39, 0.29) is 50.7 Å². The first-order valence-electron chi connectivity index (χ1n) is 16.0. The Hall–Kier alpha value is -3.87. The quantitative estimate of drug-likeness (QED) is 0.271. The molecule has 1 aliphatic heterocycles. The molecule has 0 atom stereocenters. The molecule has 0 aromatic heterocycles. The van der Waals surface area contributed by atoms with Crippen LogP contribution in [0.2, 0.25) is 10.0 Å². The van der Waals surface area contributed by atoms with Crippen LogP contribution >= 0.6 is 23.2 Å². The van der Waals surface area contributed by atoms with Crippen molar-refractivity contribution in [2.75, 3.05) is 11.9 Å². The van der Waals surface area contributed by atoms with Gasteiger partial charge in [-0.1, -0.05) is 98.9 Å². The monoisotopic (exact) mass is 670 g/mol. The third-order valence-electron chi connectivity index (χ3n) is 9.24. The van der Waals surface area contributed by atoms with Gasteiger partial charge >= 0.3 is 0 Å². The number of benzene rings is 3. The van der Waals surface area contributed by atoms with Gasteiger partial charge in [-0.3, -0.25) is 14.4 Å². The molecule has 3 aromatic carbocycles. The summed E-state index contributed by atoms with van der Waals surface area (Å²) in [7, 11) is 0. The van der Waals surface area contributed by atoms with E-state index in [9.17, 15) is 14.4 Å².